The van der Waals surface area contributed by atoms with E-state index in [1.165, 1.54) is 0 Å². The number of nitrogens with one attached hydrogen (secondary N) is 2. The molecule has 0 aliphatic carbocycles. The Balaban J connectivity index is 2.34. The zero-order valence-electron chi connectivity index (χ0n) is 12.7. The second kappa shape index (κ2) is 9.64. The van der Waals surface area contributed by atoms with E-state index in [2.05, 4.69) is 24.5 Å². The highest BCUT2D eigenvalue weighted by atomic mass is 35.5. The molecule has 0 aliphatic rings. The fraction of sp³-hybridized carbons (Fsp3) is 0.562. The normalized spacial score (nSPS) is 12.2. The topological polar surface area (TPSA) is 61.4 Å². The molecule has 0 fully saturated rings. The quantitative estimate of drug-likeness (QED) is 0.690. The highest BCUT2D eigenvalue weighted by Crippen LogP contribution is 2.15. The average molecular weight is 313 g/mol. The van der Waals surface area contributed by atoms with Crippen LogP contribution in [0.3, 0.4) is 0 Å². The lowest BCUT2D eigenvalue weighted by molar-refractivity contribution is 0.225. The molecule has 0 aliphatic heterocycles. The number of aliphatic hydroxyl groups is 1. The zero-order chi connectivity index (χ0) is 15.7. The maximum atomic E-state index is 11.8. The van der Waals surface area contributed by atoms with Gasteiger partial charge in [0.15, 0.2) is 0 Å². The summed E-state index contributed by atoms with van der Waals surface area (Å²) in [6.07, 6.45) is 1.70. The van der Waals surface area contributed by atoms with Crippen molar-refractivity contribution in [2.75, 3.05) is 13.2 Å². The first-order valence-corrected chi connectivity index (χ1v) is 7.76. The Kier molecular flexibility index (Phi) is 8.16. The first-order chi connectivity index (χ1) is 10.0. The maximum Gasteiger partial charge on any atom is 0.315 e. The van der Waals surface area contributed by atoms with E-state index in [1.54, 1.807) is 6.07 Å². The van der Waals surface area contributed by atoms with Gasteiger partial charge in [0.2, 0.25) is 0 Å². The van der Waals surface area contributed by atoms with E-state index in [-0.39, 0.29) is 12.6 Å². The molecular formula is C16H25ClN2O2. The van der Waals surface area contributed by atoms with Gasteiger partial charge in [-0.1, -0.05) is 43.6 Å². The molecular weight excluding hydrogens is 288 g/mol. The first kappa shape index (κ1) is 17.8. The van der Waals surface area contributed by atoms with Crippen LogP contribution in [0.1, 0.15) is 32.3 Å². The van der Waals surface area contributed by atoms with E-state index in [0.29, 0.717) is 36.4 Å². The number of carbonyl (C=O) groups is 1. The van der Waals surface area contributed by atoms with Crippen LogP contribution in [-0.2, 0) is 6.54 Å². The monoisotopic (exact) mass is 312 g/mol. The highest BCUT2D eigenvalue weighted by Gasteiger charge is 2.12. The van der Waals surface area contributed by atoms with Gasteiger partial charge in [-0.3, -0.25) is 0 Å². The molecule has 0 bridgehead atoms. The number of hydrogen-bond acceptors (Lipinski definition) is 2. The molecule has 1 rings (SSSR count). The Morgan fingerprint density at radius 2 is 2.00 bits per heavy atom. The Bertz CT molecular complexity index is 438. The van der Waals surface area contributed by atoms with E-state index < -0.39 is 0 Å². The van der Waals surface area contributed by atoms with Gasteiger partial charge < -0.3 is 15.7 Å². The minimum Gasteiger partial charge on any atom is -0.396 e. The van der Waals surface area contributed by atoms with Crippen LogP contribution < -0.4 is 10.6 Å². The van der Waals surface area contributed by atoms with Crippen molar-refractivity contribution in [3.05, 3.63) is 34.9 Å². The molecule has 1 atom stereocenters. The predicted molar refractivity (Wildman–Crippen MR) is 86.3 cm³/mol. The molecule has 0 spiro atoms. The Morgan fingerprint density at radius 1 is 1.29 bits per heavy atom. The lowest BCUT2D eigenvalue weighted by atomic mass is 9.94. The molecule has 0 aromatic heterocycles. The largest absolute Gasteiger partial charge is 0.396 e. The van der Waals surface area contributed by atoms with Crippen molar-refractivity contribution in [3.63, 3.8) is 0 Å². The average Bonchev–Trinajstić information content (AvgIpc) is 2.43. The maximum absolute atomic E-state index is 11.8. The summed E-state index contributed by atoms with van der Waals surface area (Å²) in [6.45, 7) is 5.41. The van der Waals surface area contributed by atoms with Gasteiger partial charge in [0, 0.05) is 24.7 Å². The number of aliphatic hydroxyl groups excluding tert-OH is 1. The molecule has 5 heteroatoms. The number of hydrogen-bond donors (Lipinski definition) is 3. The lowest BCUT2D eigenvalue weighted by Gasteiger charge is -2.18. The Hall–Kier alpha value is -1.26. The van der Waals surface area contributed by atoms with E-state index >= 15 is 0 Å². The van der Waals surface area contributed by atoms with E-state index in [9.17, 15) is 4.79 Å². The van der Waals surface area contributed by atoms with Gasteiger partial charge in [-0.2, -0.15) is 0 Å². The third-order valence-corrected chi connectivity index (χ3v) is 3.66. The van der Waals surface area contributed by atoms with Crippen molar-refractivity contribution in [2.24, 2.45) is 11.8 Å². The van der Waals surface area contributed by atoms with Gasteiger partial charge in [0.1, 0.15) is 0 Å². The smallest absolute Gasteiger partial charge is 0.315 e. The molecule has 21 heavy (non-hydrogen) atoms. The fourth-order valence-electron chi connectivity index (χ4n) is 2.27. The molecule has 0 saturated carbocycles. The Morgan fingerprint density at radius 3 is 2.62 bits per heavy atom. The molecule has 1 aromatic carbocycles. The van der Waals surface area contributed by atoms with Crippen molar-refractivity contribution >= 4 is 17.6 Å². The molecule has 0 saturated heterocycles. The van der Waals surface area contributed by atoms with Gasteiger partial charge in [0.25, 0.3) is 0 Å². The molecule has 0 heterocycles. The number of carbonyl (C=O) groups excluding carboxylic acids is 1. The van der Waals surface area contributed by atoms with Crippen LogP contribution in [0, 0.1) is 11.8 Å². The number of rotatable bonds is 8. The van der Waals surface area contributed by atoms with Crippen molar-refractivity contribution in [1.29, 1.82) is 0 Å². The van der Waals surface area contributed by atoms with E-state index in [0.717, 1.165) is 12.0 Å². The van der Waals surface area contributed by atoms with Crippen LogP contribution in [0.5, 0.6) is 0 Å². The van der Waals surface area contributed by atoms with Crippen molar-refractivity contribution < 1.29 is 9.90 Å². The third kappa shape index (κ3) is 7.34. The van der Waals surface area contributed by atoms with Crippen LogP contribution in [0.25, 0.3) is 0 Å². The fourth-order valence-corrected chi connectivity index (χ4v) is 2.47. The van der Waals surface area contributed by atoms with Crippen LogP contribution in [0.4, 0.5) is 4.79 Å². The van der Waals surface area contributed by atoms with Crippen molar-refractivity contribution in [1.82, 2.24) is 10.6 Å². The standard InChI is InChI=1S/C16H25ClN2O2/c1-12(2)9-13(7-8-20)10-18-16(21)19-11-14-5-3-4-6-15(14)17/h3-6,12-13,20H,7-11H2,1-2H3,(H2,18,19,21). The molecule has 0 radical (unpaired) electrons. The minimum absolute atomic E-state index is 0.153. The molecule has 118 valence electrons. The summed E-state index contributed by atoms with van der Waals surface area (Å²) < 4.78 is 0. The Labute approximate surface area is 131 Å². The van der Waals surface area contributed by atoms with Gasteiger partial charge in [0.05, 0.1) is 0 Å². The SMILES string of the molecule is CC(C)CC(CCO)CNC(=O)NCc1ccccc1Cl. The summed E-state index contributed by atoms with van der Waals surface area (Å²) in [7, 11) is 0. The summed E-state index contributed by atoms with van der Waals surface area (Å²) in [4.78, 5) is 11.8. The summed E-state index contributed by atoms with van der Waals surface area (Å²) in [5.74, 6) is 0.857. The summed E-state index contributed by atoms with van der Waals surface area (Å²) >= 11 is 6.03. The second-order valence-corrected chi connectivity index (χ2v) is 6.07. The molecule has 4 nitrogen and oxygen atoms in total. The van der Waals surface area contributed by atoms with Gasteiger partial charge in [-0.15, -0.1) is 0 Å². The second-order valence-electron chi connectivity index (χ2n) is 5.66. The van der Waals surface area contributed by atoms with Crippen LogP contribution >= 0.6 is 11.6 Å². The molecule has 3 N–H and O–H groups in total. The van der Waals surface area contributed by atoms with Crippen molar-refractivity contribution in [3.8, 4) is 0 Å². The summed E-state index contributed by atoms with van der Waals surface area (Å²) in [5.41, 5.74) is 0.892. The molecule has 1 unspecified atom stereocenters. The summed E-state index contributed by atoms with van der Waals surface area (Å²) in [6, 6.07) is 7.23. The number of amides is 2. The minimum atomic E-state index is -0.207. The van der Waals surface area contributed by atoms with E-state index in [1.807, 2.05) is 18.2 Å². The first-order valence-electron chi connectivity index (χ1n) is 7.39. The van der Waals surface area contributed by atoms with Crippen molar-refractivity contribution in [2.45, 2.75) is 33.2 Å². The third-order valence-electron chi connectivity index (χ3n) is 3.29. The van der Waals surface area contributed by atoms with Gasteiger partial charge >= 0.3 is 6.03 Å². The lowest BCUT2D eigenvalue weighted by Crippen LogP contribution is -2.38. The number of benzene rings is 1. The van der Waals surface area contributed by atoms with Gasteiger partial charge in [-0.05, 0) is 36.3 Å². The van der Waals surface area contributed by atoms with Crippen LogP contribution in [0.2, 0.25) is 5.02 Å². The summed E-state index contributed by atoms with van der Waals surface area (Å²) in [5, 5.41) is 15.4. The number of urea groups is 1. The highest BCUT2D eigenvalue weighted by molar-refractivity contribution is 6.31. The van der Waals surface area contributed by atoms with E-state index in [4.69, 9.17) is 16.7 Å². The van der Waals surface area contributed by atoms with Crippen LogP contribution in [-0.4, -0.2) is 24.3 Å². The van der Waals surface area contributed by atoms with Crippen LogP contribution in [0.15, 0.2) is 24.3 Å². The van der Waals surface area contributed by atoms with Gasteiger partial charge in [-0.25, -0.2) is 4.79 Å². The molecule has 1 aromatic rings. The predicted octanol–water partition coefficient (Wildman–Crippen LogP) is 3.18. The molecule has 2 amide bonds. The number of halogens is 1. The zero-order valence-corrected chi connectivity index (χ0v) is 13.5.